The van der Waals surface area contributed by atoms with Gasteiger partial charge < -0.3 is 20.1 Å². The lowest BCUT2D eigenvalue weighted by molar-refractivity contribution is -0.149. The Morgan fingerprint density at radius 2 is 1.71 bits per heavy atom. The fourth-order valence-electron chi connectivity index (χ4n) is 4.77. The van der Waals surface area contributed by atoms with Gasteiger partial charge in [-0.3, -0.25) is 4.79 Å². The lowest BCUT2D eigenvalue weighted by Crippen LogP contribution is -2.46. The van der Waals surface area contributed by atoms with Gasteiger partial charge >= 0.3 is 12.1 Å². The second kappa shape index (κ2) is 9.40. The van der Waals surface area contributed by atoms with Crippen LogP contribution in [-0.2, 0) is 14.3 Å². The topological polar surface area (TPSA) is 95.9 Å². The first-order valence-electron chi connectivity index (χ1n) is 11.2. The Morgan fingerprint density at radius 3 is 2.26 bits per heavy atom. The van der Waals surface area contributed by atoms with Crippen LogP contribution in [0.5, 0.6) is 0 Å². The van der Waals surface area contributed by atoms with Gasteiger partial charge in [-0.2, -0.15) is 0 Å². The molecule has 2 aromatic rings. The van der Waals surface area contributed by atoms with Crippen LogP contribution in [0.3, 0.4) is 0 Å². The first-order chi connectivity index (χ1) is 16.2. The number of nitrogens with zero attached hydrogens (tertiary/aromatic N) is 1. The highest BCUT2D eigenvalue weighted by Gasteiger charge is 2.51. The minimum absolute atomic E-state index is 0.101. The predicted octanol–water partition coefficient (Wildman–Crippen LogP) is 3.87. The monoisotopic (exact) mass is 472 g/mol. The summed E-state index contributed by atoms with van der Waals surface area (Å²) in [5.74, 6) is -6.39. The Hall–Kier alpha value is -3.49. The van der Waals surface area contributed by atoms with Crippen LogP contribution in [0.1, 0.15) is 36.8 Å². The Balaban J connectivity index is 1.36. The molecule has 2 aliphatic rings. The number of fused-ring (bicyclic) bond motifs is 3. The number of alkyl carbamates (subject to hydrolysis) is 1. The summed E-state index contributed by atoms with van der Waals surface area (Å²) in [6.07, 6.45) is -1.39. The molecule has 34 heavy (non-hydrogen) atoms. The van der Waals surface area contributed by atoms with Crippen molar-refractivity contribution in [3.63, 3.8) is 0 Å². The van der Waals surface area contributed by atoms with Gasteiger partial charge in [-0.1, -0.05) is 55.5 Å². The van der Waals surface area contributed by atoms with Gasteiger partial charge in [0.1, 0.15) is 12.6 Å². The fraction of sp³-hybridized carbons (Fsp3) is 0.400. The molecule has 0 radical (unpaired) electrons. The zero-order valence-corrected chi connectivity index (χ0v) is 18.7. The Bertz CT molecular complexity index is 1060. The molecule has 2 aromatic carbocycles. The molecule has 7 nitrogen and oxygen atoms in total. The van der Waals surface area contributed by atoms with E-state index in [1.54, 1.807) is 6.92 Å². The van der Waals surface area contributed by atoms with Crippen molar-refractivity contribution < 1.29 is 33.0 Å². The van der Waals surface area contributed by atoms with Crippen molar-refractivity contribution in [2.45, 2.75) is 37.6 Å². The number of carboxylic acid groups (broad SMARTS) is 1. The molecule has 0 saturated carbocycles. The number of nitrogens with one attached hydrogen (secondary N) is 1. The average Bonchev–Trinajstić information content (AvgIpc) is 3.32. The third-order valence-electron chi connectivity index (χ3n) is 6.52. The van der Waals surface area contributed by atoms with E-state index in [2.05, 4.69) is 5.32 Å². The summed E-state index contributed by atoms with van der Waals surface area (Å²) in [5.41, 5.74) is 4.32. The number of carbonyl (C=O) groups is 3. The molecule has 9 heteroatoms. The van der Waals surface area contributed by atoms with Crippen molar-refractivity contribution >= 4 is 18.0 Å². The molecule has 0 spiro atoms. The first kappa shape index (κ1) is 23.7. The number of carbonyl (C=O) groups excluding carboxylic acids is 2. The molecule has 1 aliphatic heterocycles. The summed E-state index contributed by atoms with van der Waals surface area (Å²) in [6.45, 7) is 0.695. The zero-order valence-electron chi connectivity index (χ0n) is 18.7. The van der Waals surface area contributed by atoms with Crippen molar-refractivity contribution in [1.82, 2.24) is 10.2 Å². The predicted molar refractivity (Wildman–Crippen MR) is 120 cm³/mol. The van der Waals surface area contributed by atoms with Gasteiger partial charge in [0.25, 0.3) is 5.92 Å². The van der Waals surface area contributed by atoms with Crippen molar-refractivity contribution in [1.29, 1.82) is 0 Å². The van der Waals surface area contributed by atoms with E-state index >= 15 is 0 Å². The second-order valence-electron chi connectivity index (χ2n) is 8.69. The molecule has 180 valence electrons. The van der Waals surface area contributed by atoms with Crippen molar-refractivity contribution in [2.24, 2.45) is 5.92 Å². The standard InChI is InChI=1S/C25H26F2N2O5/c1-2-15(22(30)29-14-25(26,27)11-21(29)23(31)32)12-28-24(33)34-13-20-18-9-5-3-7-16(18)17-8-4-6-10-19(17)20/h3-10,15,20-21H,2,11-14H2,1H3,(H,28,33)(H,31,32). The van der Waals surface area contributed by atoms with Crippen LogP contribution < -0.4 is 5.32 Å². The number of rotatable bonds is 7. The smallest absolute Gasteiger partial charge is 0.407 e. The molecular weight excluding hydrogens is 446 g/mol. The molecular formula is C25H26F2N2O5. The van der Waals surface area contributed by atoms with E-state index in [4.69, 9.17) is 4.74 Å². The summed E-state index contributed by atoms with van der Waals surface area (Å²) in [5, 5.41) is 11.8. The maximum atomic E-state index is 13.8. The highest BCUT2D eigenvalue weighted by atomic mass is 19.3. The Morgan fingerprint density at radius 1 is 1.12 bits per heavy atom. The van der Waals surface area contributed by atoms with Gasteiger partial charge in [-0.15, -0.1) is 0 Å². The number of aliphatic carboxylic acids is 1. The highest BCUT2D eigenvalue weighted by Crippen LogP contribution is 2.44. The SMILES string of the molecule is CCC(CNC(=O)OCC1c2ccccc2-c2ccccc21)C(=O)N1CC(F)(F)CC1C(=O)O. The van der Waals surface area contributed by atoms with Crippen LogP contribution >= 0.6 is 0 Å². The minimum atomic E-state index is -3.25. The highest BCUT2D eigenvalue weighted by molar-refractivity contribution is 5.86. The molecule has 2 unspecified atom stereocenters. The van der Waals surface area contributed by atoms with Crippen LogP contribution in [0.15, 0.2) is 48.5 Å². The lowest BCUT2D eigenvalue weighted by Gasteiger charge is -2.26. The van der Waals surface area contributed by atoms with Gasteiger partial charge in [0.15, 0.2) is 0 Å². The molecule has 4 rings (SSSR count). The first-order valence-corrected chi connectivity index (χ1v) is 11.2. The summed E-state index contributed by atoms with van der Waals surface area (Å²) < 4.78 is 33.0. The van der Waals surface area contributed by atoms with Crippen molar-refractivity contribution in [3.05, 3.63) is 59.7 Å². The van der Waals surface area contributed by atoms with Crippen molar-refractivity contribution in [3.8, 4) is 11.1 Å². The molecule has 1 heterocycles. The van der Waals surface area contributed by atoms with Crippen LogP contribution in [0.4, 0.5) is 13.6 Å². The minimum Gasteiger partial charge on any atom is -0.480 e. The van der Waals surface area contributed by atoms with E-state index in [0.29, 0.717) is 4.90 Å². The second-order valence-corrected chi connectivity index (χ2v) is 8.69. The van der Waals surface area contributed by atoms with Gasteiger partial charge in [0, 0.05) is 18.9 Å². The van der Waals surface area contributed by atoms with Gasteiger partial charge in [-0.05, 0) is 28.7 Å². The maximum absolute atomic E-state index is 13.8. The number of benzene rings is 2. The number of hydrogen-bond acceptors (Lipinski definition) is 4. The molecule has 0 bridgehead atoms. The average molecular weight is 472 g/mol. The molecule has 0 aromatic heterocycles. The van der Waals surface area contributed by atoms with E-state index in [1.807, 2.05) is 48.5 Å². The number of carboxylic acids is 1. The largest absolute Gasteiger partial charge is 0.480 e. The maximum Gasteiger partial charge on any atom is 0.407 e. The van der Waals surface area contributed by atoms with Gasteiger partial charge in [0.2, 0.25) is 5.91 Å². The van der Waals surface area contributed by atoms with Gasteiger partial charge in [-0.25, -0.2) is 18.4 Å². The number of alkyl halides is 2. The molecule has 1 saturated heterocycles. The van der Waals surface area contributed by atoms with E-state index in [9.17, 15) is 28.3 Å². The fourth-order valence-corrected chi connectivity index (χ4v) is 4.77. The van der Waals surface area contributed by atoms with E-state index in [0.717, 1.165) is 22.3 Å². The molecule has 2 amide bonds. The number of amides is 2. The third-order valence-corrected chi connectivity index (χ3v) is 6.52. The Labute approximate surface area is 195 Å². The summed E-state index contributed by atoms with van der Waals surface area (Å²) in [4.78, 5) is 37.2. The normalized spacial score (nSPS) is 19.3. The van der Waals surface area contributed by atoms with E-state index in [-0.39, 0.29) is 25.5 Å². The number of hydrogen-bond donors (Lipinski definition) is 2. The quantitative estimate of drug-likeness (QED) is 0.638. The van der Waals surface area contributed by atoms with Crippen LogP contribution in [0.2, 0.25) is 0 Å². The van der Waals surface area contributed by atoms with Crippen molar-refractivity contribution in [2.75, 3.05) is 19.7 Å². The summed E-state index contributed by atoms with van der Waals surface area (Å²) in [7, 11) is 0. The molecule has 2 N–H and O–H groups in total. The van der Waals surface area contributed by atoms with Crippen LogP contribution in [-0.4, -0.2) is 59.6 Å². The summed E-state index contributed by atoms with van der Waals surface area (Å²) in [6, 6.07) is 14.2. The van der Waals surface area contributed by atoms with Crippen LogP contribution in [0.25, 0.3) is 11.1 Å². The number of halogens is 2. The molecule has 1 fully saturated rings. The Kier molecular flexibility index (Phi) is 6.54. The van der Waals surface area contributed by atoms with Crippen LogP contribution in [0, 0.1) is 5.92 Å². The third kappa shape index (κ3) is 4.60. The number of ether oxygens (including phenoxy) is 1. The van der Waals surface area contributed by atoms with E-state index < -0.39 is 48.8 Å². The lowest BCUT2D eigenvalue weighted by atomic mass is 9.98. The molecule has 1 aliphatic carbocycles. The summed E-state index contributed by atoms with van der Waals surface area (Å²) >= 11 is 0. The molecule has 2 atom stereocenters. The number of likely N-dealkylation sites (tertiary alicyclic amines) is 1. The van der Waals surface area contributed by atoms with E-state index in [1.165, 1.54) is 0 Å². The zero-order chi connectivity index (χ0) is 24.5. The van der Waals surface area contributed by atoms with Gasteiger partial charge in [0.05, 0.1) is 12.5 Å².